The van der Waals surface area contributed by atoms with Gasteiger partial charge in [0.15, 0.2) is 11.5 Å². The highest BCUT2D eigenvalue weighted by Gasteiger charge is 2.21. The molecule has 0 amide bonds. The molecule has 4 nitrogen and oxygen atoms in total. The van der Waals surface area contributed by atoms with E-state index in [-0.39, 0.29) is 5.78 Å². The van der Waals surface area contributed by atoms with E-state index in [4.69, 9.17) is 14.5 Å². The molecule has 1 aliphatic heterocycles. The van der Waals surface area contributed by atoms with Crippen molar-refractivity contribution in [1.82, 2.24) is 0 Å². The van der Waals surface area contributed by atoms with Crippen LogP contribution in [0.15, 0.2) is 12.1 Å². The average Bonchev–Trinajstić information content (AvgIpc) is 2.74. The topological polar surface area (TPSA) is 44.8 Å². The van der Waals surface area contributed by atoms with Gasteiger partial charge in [-0.1, -0.05) is 6.92 Å². The first-order chi connectivity index (χ1) is 7.26. The Hall–Kier alpha value is -1.55. The highest BCUT2D eigenvalue weighted by molar-refractivity contribution is 5.96. The maximum Gasteiger partial charge on any atom is 0.212 e. The van der Waals surface area contributed by atoms with Gasteiger partial charge in [0, 0.05) is 17.5 Å². The number of fused-ring (bicyclic) bond motifs is 1. The second-order valence-electron chi connectivity index (χ2n) is 3.29. The zero-order valence-electron chi connectivity index (χ0n) is 8.70. The first kappa shape index (κ1) is 9.98. The van der Waals surface area contributed by atoms with Crippen LogP contribution in [-0.2, 0) is 11.5 Å². The van der Waals surface area contributed by atoms with Gasteiger partial charge in [-0.15, -0.1) is 0 Å². The predicted octanol–water partition coefficient (Wildman–Crippen LogP) is 2.11. The first-order valence-electron chi connectivity index (χ1n) is 4.79. The number of ketones is 1. The molecular formula is C11H12O4. The van der Waals surface area contributed by atoms with Gasteiger partial charge in [0.25, 0.3) is 0 Å². The Morgan fingerprint density at radius 2 is 2.33 bits per heavy atom. The van der Waals surface area contributed by atoms with Crippen molar-refractivity contribution in [2.24, 2.45) is 0 Å². The number of Topliss-reactive ketones (excluding diaryl/α,β-unsaturated/α-hetero) is 1. The summed E-state index contributed by atoms with van der Waals surface area (Å²) in [6, 6.07) is 3.47. The fourth-order valence-corrected chi connectivity index (χ4v) is 1.53. The molecule has 0 unspecified atom stereocenters. The Labute approximate surface area is 87.7 Å². The van der Waals surface area contributed by atoms with Gasteiger partial charge in [-0.3, -0.25) is 4.79 Å². The largest absolute Gasteiger partial charge is 0.493 e. The van der Waals surface area contributed by atoms with Gasteiger partial charge in [0.05, 0.1) is 7.11 Å². The summed E-state index contributed by atoms with van der Waals surface area (Å²) in [6.07, 6.45) is 0.476. The third-order valence-electron chi connectivity index (χ3n) is 2.35. The van der Waals surface area contributed by atoms with Crippen molar-refractivity contribution in [2.45, 2.75) is 20.0 Å². The van der Waals surface area contributed by atoms with Crippen molar-refractivity contribution in [3.05, 3.63) is 23.3 Å². The lowest BCUT2D eigenvalue weighted by Crippen LogP contribution is -1.99. The van der Waals surface area contributed by atoms with Crippen LogP contribution in [0.2, 0.25) is 0 Å². The zero-order valence-corrected chi connectivity index (χ0v) is 8.70. The number of rotatable bonds is 3. The van der Waals surface area contributed by atoms with Crippen LogP contribution in [0.25, 0.3) is 0 Å². The SMILES string of the molecule is CCC(=O)c1cc2c(c(OC)c1)OOC2. The van der Waals surface area contributed by atoms with E-state index in [9.17, 15) is 4.79 Å². The Morgan fingerprint density at radius 3 is 3.00 bits per heavy atom. The van der Waals surface area contributed by atoms with E-state index < -0.39 is 0 Å². The molecule has 0 saturated heterocycles. The van der Waals surface area contributed by atoms with Crippen LogP contribution in [-0.4, -0.2) is 12.9 Å². The van der Waals surface area contributed by atoms with Crippen molar-refractivity contribution in [3.8, 4) is 11.5 Å². The van der Waals surface area contributed by atoms with Crippen LogP contribution < -0.4 is 9.62 Å². The van der Waals surface area contributed by atoms with E-state index in [1.54, 1.807) is 12.1 Å². The van der Waals surface area contributed by atoms with Gasteiger partial charge in [-0.05, 0) is 12.1 Å². The normalized spacial score (nSPS) is 13.2. The van der Waals surface area contributed by atoms with Gasteiger partial charge in [0.2, 0.25) is 5.75 Å². The molecule has 0 aromatic heterocycles. The standard InChI is InChI=1S/C11H12O4/c1-3-9(12)7-4-8-6-14-15-11(8)10(5-7)13-2/h4-5H,3,6H2,1-2H3. The van der Waals surface area contributed by atoms with Crippen LogP contribution in [0, 0.1) is 0 Å². The lowest BCUT2D eigenvalue weighted by Gasteiger charge is -2.06. The summed E-state index contributed by atoms with van der Waals surface area (Å²) >= 11 is 0. The predicted molar refractivity (Wildman–Crippen MR) is 53.0 cm³/mol. The zero-order chi connectivity index (χ0) is 10.8. The molecule has 0 bridgehead atoms. The molecule has 1 aliphatic rings. The van der Waals surface area contributed by atoms with Crippen LogP contribution in [0.4, 0.5) is 0 Å². The number of ether oxygens (including phenoxy) is 1. The Morgan fingerprint density at radius 1 is 1.53 bits per heavy atom. The molecule has 0 fully saturated rings. The maximum atomic E-state index is 11.5. The van der Waals surface area contributed by atoms with E-state index >= 15 is 0 Å². The monoisotopic (exact) mass is 208 g/mol. The van der Waals surface area contributed by atoms with E-state index in [1.807, 2.05) is 6.92 Å². The Balaban J connectivity index is 2.48. The molecule has 0 spiro atoms. The lowest BCUT2D eigenvalue weighted by atomic mass is 10.0. The van der Waals surface area contributed by atoms with Gasteiger partial charge in [-0.25, -0.2) is 0 Å². The average molecular weight is 208 g/mol. The van der Waals surface area contributed by atoms with Gasteiger partial charge in [0.1, 0.15) is 6.61 Å². The molecule has 80 valence electrons. The van der Waals surface area contributed by atoms with Gasteiger partial charge >= 0.3 is 0 Å². The third kappa shape index (κ3) is 1.68. The number of methoxy groups -OCH3 is 1. The molecule has 1 aromatic rings. The summed E-state index contributed by atoms with van der Waals surface area (Å²) < 4.78 is 5.14. The number of benzene rings is 1. The number of hydrogen-bond acceptors (Lipinski definition) is 4. The molecule has 0 aliphatic carbocycles. The summed E-state index contributed by atoms with van der Waals surface area (Å²) in [6.45, 7) is 2.19. The molecule has 0 N–H and O–H groups in total. The fraction of sp³-hybridized carbons (Fsp3) is 0.364. The van der Waals surface area contributed by atoms with Crippen LogP contribution in [0.1, 0.15) is 29.3 Å². The minimum absolute atomic E-state index is 0.0861. The van der Waals surface area contributed by atoms with Gasteiger partial charge in [-0.2, -0.15) is 4.89 Å². The summed E-state index contributed by atoms with van der Waals surface area (Å²) in [5.41, 5.74) is 1.49. The van der Waals surface area contributed by atoms with Crippen LogP contribution >= 0.6 is 0 Å². The van der Waals surface area contributed by atoms with E-state index in [2.05, 4.69) is 0 Å². The molecule has 1 heterocycles. The molecule has 15 heavy (non-hydrogen) atoms. The van der Waals surface area contributed by atoms with Crippen LogP contribution in [0.5, 0.6) is 11.5 Å². The van der Waals surface area contributed by atoms with E-state index in [0.29, 0.717) is 30.1 Å². The second-order valence-corrected chi connectivity index (χ2v) is 3.29. The van der Waals surface area contributed by atoms with Gasteiger partial charge < -0.3 is 9.62 Å². The fourth-order valence-electron chi connectivity index (χ4n) is 1.53. The van der Waals surface area contributed by atoms with Crippen molar-refractivity contribution in [1.29, 1.82) is 0 Å². The molecule has 0 saturated carbocycles. The molecule has 0 radical (unpaired) electrons. The molecular weight excluding hydrogens is 196 g/mol. The number of hydrogen-bond donors (Lipinski definition) is 0. The summed E-state index contributed by atoms with van der Waals surface area (Å²) in [4.78, 5) is 21.3. The maximum absolute atomic E-state index is 11.5. The Bertz CT molecular complexity index is 398. The van der Waals surface area contributed by atoms with E-state index in [1.165, 1.54) is 7.11 Å². The van der Waals surface area contributed by atoms with Crippen molar-refractivity contribution in [3.63, 3.8) is 0 Å². The van der Waals surface area contributed by atoms with Crippen LogP contribution in [0.3, 0.4) is 0 Å². The Kier molecular flexibility index (Phi) is 2.60. The summed E-state index contributed by atoms with van der Waals surface area (Å²) in [5.74, 6) is 1.20. The highest BCUT2D eigenvalue weighted by atomic mass is 17.2. The summed E-state index contributed by atoms with van der Waals surface area (Å²) in [5, 5.41) is 0. The quantitative estimate of drug-likeness (QED) is 0.563. The molecule has 1 aromatic carbocycles. The number of carbonyl (C=O) groups is 1. The van der Waals surface area contributed by atoms with Crippen molar-refractivity contribution in [2.75, 3.05) is 7.11 Å². The third-order valence-corrected chi connectivity index (χ3v) is 2.35. The smallest absolute Gasteiger partial charge is 0.212 e. The minimum Gasteiger partial charge on any atom is -0.493 e. The summed E-state index contributed by atoms with van der Waals surface area (Å²) in [7, 11) is 1.54. The molecule has 2 rings (SSSR count). The lowest BCUT2D eigenvalue weighted by molar-refractivity contribution is -0.195. The highest BCUT2D eigenvalue weighted by Crippen LogP contribution is 2.37. The molecule has 0 atom stereocenters. The molecule has 4 heteroatoms. The second kappa shape index (κ2) is 3.90. The first-order valence-corrected chi connectivity index (χ1v) is 4.79. The number of carbonyl (C=O) groups excluding carboxylic acids is 1. The van der Waals surface area contributed by atoms with Crippen molar-refractivity contribution < 1.29 is 19.3 Å². The minimum atomic E-state index is 0.0861. The van der Waals surface area contributed by atoms with Crippen molar-refractivity contribution >= 4 is 5.78 Å². The van der Waals surface area contributed by atoms with E-state index in [0.717, 1.165) is 5.56 Å².